The Balaban J connectivity index is 2.69. The Kier molecular flexibility index (Phi) is 3.12. The second kappa shape index (κ2) is 4.57. The summed E-state index contributed by atoms with van der Waals surface area (Å²) >= 11 is 5.93. The number of hydrogen-bond acceptors (Lipinski definition) is 2. The summed E-state index contributed by atoms with van der Waals surface area (Å²) in [5.74, 6) is 0. The number of hydrogen-bond donors (Lipinski definition) is 0. The van der Waals surface area contributed by atoms with Crippen LogP contribution in [-0.4, -0.2) is 4.98 Å². The summed E-state index contributed by atoms with van der Waals surface area (Å²) < 4.78 is 0. The third-order valence-electron chi connectivity index (χ3n) is 2.69. The Hall–Kier alpha value is -1.85. The summed E-state index contributed by atoms with van der Waals surface area (Å²) in [5, 5.41) is 9.39. The normalized spacial score (nSPS) is 10.0. The Labute approximate surface area is 105 Å². The summed E-state index contributed by atoms with van der Waals surface area (Å²) in [7, 11) is 0. The Morgan fingerprint density at radius 3 is 2.59 bits per heavy atom. The number of nitriles is 1. The molecule has 17 heavy (non-hydrogen) atoms. The topological polar surface area (TPSA) is 36.7 Å². The van der Waals surface area contributed by atoms with Crippen LogP contribution in [0.1, 0.15) is 16.7 Å². The molecule has 0 aliphatic heterocycles. The van der Waals surface area contributed by atoms with Gasteiger partial charge < -0.3 is 0 Å². The van der Waals surface area contributed by atoms with Crippen molar-refractivity contribution in [1.29, 1.82) is 5.26 Å². The van der Waals surface area contributed by atoms with Crippen molar-refractivity contribution < 1.29 is 0 Å². The van der Waals surface area contributed by atoms with Crippen LogP contribution in [0.4, 0.5) is 0 Å². The van der Waals surface area contributed by atoms with Crippen molar-refractivity contribution in [2.24, 2.45) is 0 Å². The summed E-state index contributed by atoms with van der Waals surface area (Å²) in [6, 6.07) is 10.1. The van der Waals surface area contributed by atoms with Crippen LogP contribution in [0.15, 0.2) is 30.5 Å². The Bertz CT molecular complexity index is 612. The highest BCUT2D eigenvalue weighted by Gasteiger charge is 2.11. The van der Waals surface area contributed by atoms with Gasteiger partial charge in [-0.15, -0.1) is 0 Å². The van der Waals surface area contributed by atoms with E-state index in [-0.39, 0.29) is 5.15 Å². The first-order chi connectivity index (χ1) is 8.13. The van der Waals surface area contributed by atoms with Crippen molar-refractivity contribution >= 4 is 11.6 Å². The van der Waals surface area contributed by atoms with Crippen LogP contribution in [0, 0.1) is 25.2 Å². The van der Waals surface area contributed by atoms with Crippen LogP contribution in [0.25, 0.3) is 11.1 Å². The molecule has 0 aliphatic carbocycles. The van der Waals surface area contributed by atoms with E-state index in [4.69, 9.17) is 16.9 Å². The lowest BCUT2D eigenvalue weighted by molar-refractivity contribution is 1.29. The fourth-order valence-corrected chi connectivity index (χ4v) is 2.08. The molecule has 1 heterocycles. The highest BCUT2D eigenvalue weighted by atomic mass is 35.5. The second-order valence-corrected chi connectivity index (χ2v) is 4.31. The van der Waals surface area contributed by atoms with E-state index in [1.165, 1.54) is 5.56 Å². The van der Waals surface area contributed by atoms with Gasteiger partial charge in [-0.1, -0.05) is 35.4 Å². The van der Waals surface area contributed by atoms with Gasteiger partial charge in [0.25, 0.3) is 0 Å². The molecule has 0 aliphatic rings. The van der Waals surface area contributed by atoms with E-state index in [9.17, 15) is 0 Å². The summed E-state index contributed by atoms with van der Waals surface area (Å²) in [6.07, 6.45) is 1.62. The number of pyridine rings is 1. The average molecular weight is 243 g/mol. The molecule has 2 rings (SSSR count). The van der Waals surface area contributed by atoms with Crippen molar-refractivity contribution in [3.63, 3.8) is 0 Å². The van der Waals surface area contributed by atoms with Gasteiger partial charge in [-0.2, -0.15) is 5.26 Å². The third kappa shape index (κ3) is 2.15. The van der Waals surface area contributed by atoms with E-state index in [1.54, 1.807) is 6.20 Å². The van der Waals surface area contributed by atoms with Crippen molar-refractivity contribution in [2.45, 2.75) is 13.8 Å². The first-order valence-corrected chi connectivity index (χ1v) is 5.63. The van der Waals surface area contributed by atoms with E-state index in [0.29, 0.717) is 5.56 Å². The highest BCUT2D eigenvalue weighted by molar-refractivity contribution is 6.31. The van der Waals surface area contributed by atoms with Crippen LogP contribution in [-0.2, 0) is 0 Å². The molecule has 2 nitrogen and oxygen atoms in total. The van der Waals surface area contributed by atoms with Crippen LogP contribution < -0.4 is 0 Å². The fraction of sp³-hybridized carbons (Fsp3) is 0.143. The molecule has 0 atom stereocenters. The molecule has 84 valence electrons. The molecule has 0 N–H and O–H groups in total. The van der Waals surface area contributed by atoms with Crippen molar-refractivity contribution in [2.75, 3.05) is 0 Å². The summed E-state index contributed by atoms with van der Waals surface area (Å²) in [6.45, 7) is 4.07. The molecule has 0 spiro atoms. The smallest absolute Gasteiger partial charge is 0.147 e. The van der Waals surface area contributed by atoms with E-state index >= 15 is 0 Å². The minimum Gasteiger partial charge on any atom is -0.243 e. The van der Waals surface area contributed by atoms with Gasteiger partial charge in [0.1, 0.15) is 11.2 Å². The minimum absolute atomic E-state index is 0.255. The van der Waals surface area contributed by atoms with Gasteiger partial charge in [0.05, 0.1) is 5.56 Å². The van der Waals surface area contributed by atoms with Crippen molar-refractivity contribution in [3.8, 4) is 17.2 Å². The molecule has 0 amide bonds. The van der Waals surface area contributed by atoms with Gasteiger partial charge >= 0.3 is 0 Å². The lowest BCUT2D eigenvalue weighted by Crippen LogP contribution is -1.91. The average Bonchev–Trinajstić information content (AvgIpc) is 2.29. The number of halogens is 1. The molecule has 0 fully saturated rings. The Morgan fingerprint density at radius 1 is 1.18 bits per heavy atom. The lowest BCUT2D eigenvalue weighted by Gasteiger charge is -2.09. The van der Waals surface area contributed by atoms with E-state index < -0.39 is 0 Å². The third-order valence-corrected chi connectivity index (χ3v) is 2.98. The molecule has 0 saturated carbocycles. The molecule has 1 aromatic heterocycles. The molecule has 0 radical (unpaired) electrons. The maximum absolute atomic E-state index is 9.13. The second-order valence-electron chi connectivity index (χ2n) is 3.95. The maximum Gasteiger partial charge on any atom is 0.147 e. The van der Waals surface area contributed by atoms with Crippen molar-refractivity contribution in [3.05, 3.63) is 52.3 Å². The molecule has 0 bridgehead atoms. The number of aromatic nitrogens is 1. The number of nitrogens with zero attached hydrogens (tertiary/aromatic N) is 2. The predicted octanol–water partition coefficient (Wildman–Crippen LogP) is 3.89. The van der Waals surface area contributed by atoms with E-state index in [0.717, 1.165) is 16.7 Å². The quantitative estimate of drug-likeness (QED) is 0.712. The predicted molar refractivity (Wildman–Crippen MR) is 68.9 cm³/mol. The molecular weight excluding hydrogens is 232 g/mol. The fourth-order valence-electron chi connectivity index (χ4n) is 1.88. The zero-order chi connectivity index (χ0) is 12.4. The maximum atomic E-state index is 9.13. The molecule has 0 unspecified atom stereocenters. The van der Waals surface area contributed by atoms with Gasteiger partial charge in [-0.05, 0) is 31.0 Å². The monoisotopic (exact) mass is 242 g/mol. The van der Waals surface area contributed by atoms with Gasteiger partial charge in [0.2, 0.25) is 0 Å². The molecular formula is C14H11ClN2. The van der Waals surface area contributed by atoms with Crippen LogP contribution in [0.5, 0.6) is 0 Å². The number of rotatable bonds is 1. The first-order valence-electron chi connectivity index (χ1n) is 5.25. The summed E-state index contributed by atoms with van der Waals surface area (Å²) in [5.41, 5.74) is 4.62. The van der Waals surface area contributed by atoms with Gasteiger partial charge in [0.15, 0.2) is 0 Å². The van der Waals surface area contributed by atoms with E-state index in [2.05, 4.69) is 17.1 Å². The van der Waals surface area contributed by atoms with Crippen LogP contribution in [0.3, 0.4) is 0 Å². The summed E-state index contributed by atoms with van der Waals surface area (Å²) in [4.78, 5) is 3.93. The molecule has 3 heteroatoms. The van der Waals surface area contributed by atoms with Crippen molar-refractivity contribution in [1.82, 2.24) is 4.98 Å². The lowest BCUT2D eigenvalue weighted by atomic mass is 9.96. The molecule has 2 aromatic rings. The molecule has 0 saturated heterocycles. The van der Waals surface area contributed by atoms with Gasteiger partial charge in [0, 0.05) is 11.8 Å². The zero-order valence-electron chi connectivity index (χ0n) is 9.66. The largest absolute Gasteiger partial charge is 0.243 e. The Morgan fingerprint density at radius 2 is 1.94 bits per heavy atom. The number of benzene rings is 1. The number of aryl methyl sites for hydroxylation is 2. The van der Waals surface area contributed by atoms with Crippen LogP contribution in [0.2, 0.25) is 5.15 Å². The standard InChI is InChI=1S/C14H11ClN2/c1-9-3-4-11(10(2)7-9)12-5-6-17-14(15)13(12)8-16/h3-7H,1-2H3. The van der Waals surface area contributed by atoms with Crippen LogP contribution >= 0.6 is 11.6 Å². The first kappa shape index (κ1) is 11.6. The van der Waals surface area contributed by atoms with Gasteiger partial charge in [-0.25, -0.2) is 4.98 Å². The highest BCUT2D eigenvalue weighted by Crippen LogP contribution is 2.29. The minimum atomic E-state index is 0.255. The zero-order valence-corrected chi connectivity index (χ0v) is 10.4. The van der Waals surface area contributed by atoms with E-state index in [1.807, 2.05) is 32.0 Å². The van der Waals surface area contributed by atoms with Gasteiger partial charge in [-0.3, -0.25) is 0 Å². The molecule has 1 aromatic carbocycles. The SMILES string of the molecule is Cc1ccc(-c2ccnc(Cl)c2C#N)c(C)c1.